The molecule has 0 aromatic rings. The van der Waals surface area contributed by atoms with Gasteiger partial charge in [0.1, 0.15) is 13.2 Å². The Hall–Kier alpha value is 0.590. The molecule has 0 radical (unpaired) electrons. The van der Waals surface area contributed by atoms with Gasteiger partial charge in [0.25, 0.3) is 0 Å². The molecule has 1 aliphatic rings. The second-order valence-corrected chi connectivity index (χ2v) is 5.27. The number of carbonyl (C=O) groups is 1. The molecule has 0 N–H and O–H groups in total. The highest BCUT2D eigenvalue weighted by molar-refractivity contribution is 14.1. The molecule has 0 amide bonds. The largest absolute Gasteiger partial charge is 1.00 e. The quantitative estimate of drug-likeness (QED) is 0.207. The fraction of sp³-hybridized carbons (Fsp3) is 0.769. The Morgan fingerprint density at radius 2 is 2.00 bits per heavy atom. The lowest BCUT2D eigenvalue weighted by Crippen LogP contribution is -3.00. The molecule has 1 rings (SSSR count). The van der Waals surface area contributed by atoms with Gasteiger partial charge in [0.2, 0.25) is 0 Å². The zero-order chi connectivity index (χ0) is 14.2. The van der Waals surface area contributed by atoms with Gasteiger partial charge in [-0.25, -0.2) is 4.79 Å². The molecule has 0 saturated carbocycles. The van der Waals surface area contributed by atoms with E-state index in [0.717, 1.165) is 36.1 Å². The van der Waals surface area contributed by atoms with Crippen LogP contribution < -0.4 is 24.0 Å². The van der Waals surface area contributed by atoms with Crippen molar-refractivity contribution in [2.24, 2.45) is 0 Å². The lowest BCUT2D eigenvalue weighted by Gasteiger charge is -2.32. The van der Waals surface area contributed by atoms with E-state index in [1.54, 1.807) is 0 Å². The second-order valence-electron chi connectivity index (χ2n) is 5.27. The van der Waals surface area contributed by atoms with Gasteiger partial charge in [-0.1, -0.05) is 28.7 Å². The van der Waals surface area contributed by atoms with Crippen molar-refractivity contribution in [1.29, 1.82) is 0 Å². The van der Waals surface area contributed by atoms with E-state index in [1.165, 1.54) is 0 Å². The van der Waals surface area contributed by atoms with Crippen molar-refractivity contribution in [1.82, 2.24) is 4.90 Å². The SMILES string of the molecule is CI.CN(C)CCOC(=O)C1=CCC[N+](C)(C)C1.[I-]. The molecule has 1 heterocycles. The monoisotopic (exact) mass is 496 g/mol. The summed E-state index contributed by atoms with van der Waals surface area (Å²) in [7, 11) is 8.21. The lowest BCUT2D eigenvalue weighted by atomic mass is 10.1. The number of quaternary nitrogens is 1. The summed E-state index contributed by atoms with van der Waals surface area (Å²) in [6.07, 6.45) is 2.98. The standard InChI is InChI=1S/C12H23N2O2.CH3I.HI/c1-13(2)7-9-16-12(15)11-6-5-8-14(3,4)10-11;1-2;/h6H,5,7-10H2,1-4H3;1H3;1H/q+1;;/p-1. The highest BCUT2D eigenvalue weighted by atomic mass is 127. The fourth-order valence-electron chi connectivity index (χ4n) is 1.75. The molecule has 19 heavy (non-hydrogen) atoms. The van der Waals surface area contributed by atoms with Crippen LogP contribution in [0.4, 0.5) is 0 Å². The predicted molar refractivity (Wildman–Crippen MR) is 84.0 cm³/mol. The van der Waals surface area contributed by atoms with E-state index >= 15 is 0 Å². The molecule has 0 aliphatic carbocycles. The number of nitrogens with zero attached hydrogens (tertiary/aromatic N) is 2. The summed E-state index contributed by atoms with van der Waals surface area (Å²) in [5.74, 6) is -0.146. The Bertz CT molecular complexity index is 292. The van der Waals surface area contributed by atoms with Crippen molar-refractivity contribution >= 4 is 28.6 Å². The molecule has 1 aliphatic heterocycles. The van der Waals surface area contributed by atoms with Gasteiger partial charge in [-0.05, 0) is 19.0 Å². The summed E-state index contributed by atoms with van der Waals surface area (Å²) in [5.41, 5.74) is 0.829. The second kappa shape index (κ2) is 11.3. The van der Waals surface area contributed by atoms with Gasteiger partial charge in [0, 0.05) is 13.0 Å². The summed E-state index contributed by atoms with van der Waals surface area (Å²) in [6, 6.07) is 0. The number of ether oxygens (including phenoxy) is 1. The predicted octanol–water partition coefficient (Wildman–Crippen LogP) is -1.45. The topological polar surface area (TPSA) is 29.5 Å². The van der Waals surface area contributed by atoms with Crippen molar-refractivity contribution in [2.45, 2.75) is 6.42 Å². The smallest absolute Gasteiger partial charge is 0.339 e. The number of esters is 1. The Morgan fingerprint density at radius 3 is 2.47 bits per heavy atom. The number of likely N-dealkylation sites (N-methyl/N-ethyl adjacent to an activating group) is 2. The van der Waals surface area contributed by atoms with Crippen LogP contribution in [0.25, 0.3) is 0 Å². The number of hydrogen-bond donors (Lipinski definition) is 0. The first-order chi connectivity index (χ1) is 8.41. The average Bonchev–Trinajstić information content (AvgIpc) is 2.29. The highest BCUT2D eigenvalue weighted by Gasteiger charge is 2.25. The van der Waals surface area contributed by atoms with Gasteiger partial charge >= 0.3 is 5.97 Å². The Kier molecular flexibility index (Phi) is 13.0. The molecule has 0 bridgehead atoms. The van der Waals surface area contributed by atoms with Crippen LogP contribution in [-0.2, 0) is 9.53 Å². The van der Waals surface area contributed by atoms with Gasteiger partial charge < -0.3 is 38.1 Å². The van der Waals surface area contributed by atoms with Crippen LogP contribution in [0.3, 0.4) is 0 Å². The molecule has 0 aromatic heterocycles. The number of carbonyl (C=O) groups excluding carboxylic acids is 1. The molecule has 114 valence electrons. The van der Waals surface area contributed by atoms with Crippen LogP contribution in [0.2, 0.25) is 0 Å². The highest BCUT2D eigenvalue weighted by Crippen LogP contribution is 2.14. The first-order valence-corrected chi connectivity index (χ1v) is 8.27. The van der Waals surface area contributed by atoms with E-state index < -0.39 is 0 Å². The summed E-state index contributed by atoms with van der Waals surface area (Å²) in [4.78, 5) is 15.7. The minimum absolute atomic E-state index is 0. The molecule has 0 atom stereocenters. The van der Waals surface area contributed by atoms with Gasteiger partial charge in [-0.3, -0.25) is 0 Å². The molecule has 0 fully saturated rings. The molecule has 0 saturated heterocycles. The average molecular weight is 496 g/mol. The third-order valence-electron chi connectivity index (χ3n) is 2.76. The molecule has 0 unspecified atom stereocenters. The maximum absolute atomic E-state index is 11.7. The Morgan fingerprint density at radius 1 is 1.42 bits per heavy atom. The summed E-state index contributed by atoms with van der Waals surface area (Å²) in [5, 5.41) is 0. The zero-order valence-corrected chi connectivity index (χ0v) is 16.9. The Balaban J connectivity index is 0. The van der Waals surface area contributed by atoms with Crippen molar-refractivity contribution in [2.75, 3.05) is 59.4 Å². The third kappa shape index (κ3) is 10.0. The molecule has 4 nitrogen and oxygen atoms in total. The molecule has 0 spiro atoms. The fourth-order valence-corrected chi connectivity index (χ4v) is 1.75. The van der Waals surface area contributed by atoms with E-state index in [0.29, 0.717) is 6.61 Å². The van der Waals surface area contributed by atoms with E-state index in [2.05, 4.69) is 36.7 Å². The third-order valence-corrected chi connectivity index (χ3v) is 2.76. The van der Waals surface area contributed by atoms with Crippen LogP contribution >= 0.6 is 22.6 Å². The lowest BCUT2D eigenvalue weighted by molar-refractivity contribution is -0.886. The number of halogens is 2. The van der Waals surface area contributed by atoms with Crippen LogP contribution in [0.1, 0.15) is 6.42 Å². The Labute approximate surface area is 148 Å². The van der Waals surface area contributed by atoms with Gasteiger partial charge in [-0.2, -0.15) is 0 Å². The van der Waals surface area contributed by atoms with Gasteiger partial charge in [0.15, 0.2) is 0 Å². The number of rotatable bonds is 4. The summed E-state index contributed by atoms with van der Waals surface area (Å²) in [6.45, 7) is 3.11. The van der Waals surface area contributed by atoms with Gasteiger partial charge in [-0.15, -0.1) is 0 Å². The molecular weight excluding hydrogens is 470 g/mol. The minimum atomic E-state index is -0.146. The van der Waals surface area contributed by atoms with E-state index in [1.807, 2.05) is 30.0 Å². The van der Waals surface area contributed by atoms with Crippen molar-refractivity contribution in [3.05, 3.63) is 11.6 Å². The summed E-state index contributed by atoms with van der Waals surface area (Å²) < 4.78 is 6.10. The number of alkyl halides is 1. The van der Waals surface area contributed by atoms with Crippen LogP contribution in [0.15, 0.2) is 11.6 Å². The zero-order valence-electron chi connectivity index (χ0n) is 12.6. The van der Waals surface area contributed by atoms with E-state index in [4.69, 9.17) is 4.74 Å². The van der Waals surface area contributed by atoms with E-state index in [9.17, 15) is 4.79 Å². The summed E-state index contributed by atoms with van der Waals surface area (Å²) >= 11 is 2.15. The molecule has 0 aromatic carbocycles. The van der Waals surface area contributed by atoms with Crippen LogP contribution in [0, 0.1) is 0 Å². The van der Waals surface area contributed by atoms with Crippen LogP contribution in [0.5, 0.6) is 0 Å². The first kappa shape index (κ1) is 21.9. The van der Waals surface area contributed by atoms with Gasteiger partial charge in [0.05, 0.1) is 26.2 Å². The first-order valence-electron chi connectivity index (χ1n) is 6.11. The van der Waals surface area contributed by atoms with Crippen molar-refractivity contribution < 1.29 is 38.0 Å². The number of hydrogen-bond acceptors (Lipinski definition) is 3. The normalized spacial score (nSPS) is 16.7. The minimum Gasteiger partial charge on any atom is -1.00 e. The van der Waals surface area contributed by atoms with Crippen molar-refractivity contribution in [3.8, 4) is 0 Å². The molecule has 6 heteroatoms. The molecular formula is C13H26I2N2O2. The van der Waals surface area contributed by atoms with Crippen molar-refractivity contribution in [3.63, 3.8) is 0 Å². The maximum atomic E-state index is 11.7. The van der Waals surface area contributed by atoms with Crippen LogP contribution in [-0.4, -0.2) is 74.7 Å². The maximum Gasteiger partial charge on any atom is 0.339 e. The van der Waals surface area contributed by atoms with E-state index in [-0.39, 0.29) is 29.9 Å².